The molecule has 4 aromatic rings. The van der Waals surface area contributed by atoms with Crippen LogP contribution in [0.3, 0.4) is 0 Å². The molecular formula is C21H21N3O4SSn. The van der Waals surface area contributed by atoms with Crippen molar-refractivity contribution in [1.29, 1.82) is 0 Å². The van der Waals surface area contributed by atoms with Gasteiger partial charge in [-0.2, -0.15) is 0 Å². The van der Waals surface area contributed by atoms with Gasteiger partial charge in [0, 0.05) is 0 Å². The molecule has 0 fully saturated rings. The molecule has 7 nitrogen and oxygen atoms in total. The number of nitrogens with zero attached hydrogens (tertiary/aromatic N) is 2. The van der Waals surface area contributed by atoms with Gasteiger partial charge in [0.1, 0.15) is 0 Å². The van der Waals surface area contributed by atoms with Gasteiger partial charge in [-0.25, -0.2) is 0 Å². The van der Waals surface area contributed by atoms with Gasteiger partial charge in [-0.1, -0.05) is 0 Å². The van der Waals surface area contributed by atoms with E-state index in [0.29, 0.717) is 16.6 Å². The topological polar surface area (TPSA) is 94.2 Å². The Hall–Kier alpha value is -2.59. The fourth-order valence-electron chi connectivity index (χ4n) is 3.12. The van der Waals surface area contributed by atoms with Crippen molar-refractivity contribution in [3.63, 3.8) is 0 Å². The predicted octanol–water partition coefficient (Wildman–Crippen LogP) is 3.66. The molecule has 2 heterocycles. The number of benzene rings is 2. The molecule has 1 N–H and O–H groups in total. The number of aromatic nitrogens is 2. The minimum atomic E-state index is -3.88. The van der Waals surface area contributed by atoms with E-state index >= 15 is 0 Å². The van der Waals surface area contributed by atoms with Crippen molar-refractivity contribution in [3.05, 3.63) is 72.8 Å². The molecule has 4 rings (SSSR count). The van der Waals surface area contributed by atoms with Crippen LogP contribution in [0.5, 0.6) is 0 Å². The summed E-state index contributed by atoms with van der Waals surface area (Å²) in [6.45, 7) is 0. The van der Waals surface area contributed by atoms with E-state index < -0.39 is 34.3 Å². The van der Waals surface area contributed by atoms with Gasteiger partial charge in [0.05, 0.1) is 0 Å². The first-order chi connectivity index (χ1) is 14.2. The Bertz CT molecular complexity index is 1320. The molecule has 9 heteroatoms. The summed E-state index contributed by atoms with van der Waals surface area (Å²) < 4.78 is 33.7. The van der Waals surface area contributed by atoms with Crippen LogP contribution in [0.25, 0.3) is 10.9 Å². The zero-order chi connectivity index (χ0) is 21.5. The third kappa shape index (κ3) is 3.77. The average Bonchev–Trinajstić information content (AvgIpc) is 3.38. The number of carbonyl (C=O) groups excluding carboxylic acids is 1. The van der Waals surface area contributed by atoms with E-state index in [-0.39, 0.29) is 10.7 Å². The normalized spacial score (nSPS) is 12.2. The molecule has 2 aromatic heterocycles. The summed E-state index contributed by atoms with van der Waals surface area (Å²) in [6.07, 6.45) is 2.90. The molecule has 0 aliphatic rings. The predicted molar refractivity (Wildman–Crippen MR) is 118 cm³/mol. The number of rotatable bonds is 5. The second-order valence-electron chi connectivity index (χ2n) is 7.94. The van der Waals surface area contributed by atoms with Crippen molar-refractivity contribution >= 4 is 54.5 Å². The van der Waals surface area contributed by atoms with Crippen molar-refractivity contribution in [1.82, 2.24) is 9.19 Å². The van der Waals surface area contributed by atoms with Gasteiger partial charge in [0.15, 0.2) is 0 Å². The van der Waals surface area contributed by atoms with Gasteiger partial charge in [-0.05, 0) is 0 Å². The van der Waals surface area contributed by atoms with Crippen LogP contribution in [0, 0.1) is 0 Å². The Kier molecular flexibility index (Phi) is 5.23. The van der Waals surface area contributed by atoms with Gasteiger partial charge < -0.3 is 0 Å². The van der Waals surface area contributed by atoms with Gasteiger partial charge in [-0.3, -0.25) is 0 Å². The quantitative estimate of drug-likeness (QED) is 0.398. The van der Waals surface area contributed by atoms with E-state index in [1.54, 1.807) is 30.3 Å². The summed E-state index contributed by atoms with van der Waals surface area (Å²) in [5, 5.41) is 7.58. The molecule has 0 unspecified atom stereocenters. The van der Waals surface area contributed by atoms with Crippen LogP contribution in [-0.2, 0) is 10.0 Å². The fourth-order valence-corrected chi connectivity index (χ4v) is 7.67. The van der Waals surface area contributed by atoms with E-state index in [1.165, 1.54) is 24.6 Å². The Labute approximate surface area is 178 Å². The number of carbonyl (C=O) groups is 1. The summed E-state index contributed by atoms with van der Waals surface area (Å²) in [5.41, 5.74) is 0.961. The molecule has 0 saturated carbocycles. The van der Waals surface area contributed by atoms with Crippen LogP contribution >= 0.6 is 0 Å². The minimum absolute atomic E-state index is 0.154. The fraction of sp³-hybridized carbons (Fsp3) is 0.143. The molecule has 0 aliphatic heterocycles. The van der Waals surface area contributed by atoms with Crippen LogP contribution in [0.15, 0.2) is 76.4 Å². The number of hydrogen-bond acceptors (Lipinski definition) is 5. The van der Waals surface area contributed by atoms with Gasteiger partial charge >= 0.3 is 179 Å². The summed E-state index contributed by atoms with van der Waals surface area (Å²) in [5.74, 6) is -0.224. The Morgan fingerprint density at radius 1 is 1.07 bits per heavy atom. The van der Waals surface area contributed by atoms with Crippen molar-refractivity contribution in [2.45, 2.75) is 19.7 Å². The SMILES string of the molecule is [CH3][Sn]([CH3])([CH3])[c]1cc(NC(=O)c2ccco2)c2cnn(S(=O)(=O)c3ccccc3)c2c1. The van der Waals surface area contributed by atoms with E-state index in [4.69, 9.17) is 4.42 Å². The van der Waals surface area contributed by atoms with E-state index in [0.717, 1.165) is 7.67 Å². The zero-order valence-electron chi connectivity index (χ0n) is 16.8. The molecule has 0 atom stereocenters. The van der Waals surface area contributed by atoms with Crippen molar-refractivity contribution < 1.29 is 17.6 Å². The number of fused-ring (bicyclic) bond motifs is 1. The summed E-state index contributed by atoms with van der Waals surface area (Å²) >= 11 is -2.64. The monoisotopic (exact) mass is 531 g/mol. The van der Waals surface area contributed by atoms with Gasteiger partial charge in [0.2, 0.25) is 0 Å². The third-order valence-electron chi connectivity index (χ3n) is 4.78. The number of amides is 1. The van der Waals surface area contributed by atoms with Crippen LogP contribution in [0.4, 0.5) is 5.69 Å². The molecule has 0 saturated heterocycles. The first-order valence-electron chi connectivity index (χ1n) is 9.36. The molecule has 2 aromatic carbocycles. The molecule has 0 spiro atoms. The van der Waals surface area contributed by atoms with Crippen LogP contribution < -0.4 is 8.90 Å². The summed E-state index contributed by atoms with van der Waals surface area (Å²) in [6, 6.07) is 15.2. The average molecular weight is 530 g/mol. The first kappa shape index (κ1) is 20.7. The number of nitrogens with one attached hydrogen (secondary N) is 1. The van der Waals surface area contributed by atoms with Crippen LogP contribution in [0.2, 0.25) is 14.8 Å². The molecular weight excluding hydrogens is 509 g/mol. The van der Waals surface area contributed by atoms with Crippen LogP contribution in [-0.4, -0.2) is 41.9 Å². The first-order valence-corrected chi connectivity index (χ1v) is 20.8. The molecule has 154 valence electrons. The Balaban J connectivity index is 1.90. The third-order valence-corrected chi connectivity index (χ3v) is 12.2. The summed E-state index contributed by atoms with van der Waals surface area (Å²) in [4.78, 5) is 19.4. The molecule has 30 heavy (non-hydrogen) atoms. The second-order valence-corrected chi connectivity index (χ2v) is 24.2. The van der Waals surface area contributed by atoms with Crippen LogP contribution in [0.1, 0.15) is 10.6 Å². The Morgan fingerprint density at radius 2 is 1.80 bits per heavy atom. The number of furan rings is 1. The number of anilines is 1. The molecule has 0 aliphatic carbocycles. The van der Waals surface area contributed by atoms with E-state index in [2.05, 4.69) is 25.2 Å². The standard InChI is InChI=1S/C18H12N3O4S.3CH3.Sn/c22-18(17-10-5-11-25-17)20-15-8-4-9-16-14(15)12-19-21(16)26(23,24)13-6-2-1-3-7-13;;;;/h1-3,5-12H,(H,20,22);3*1H3;. The number of hydrogen-bond donors (Lipinski definition) is 1. The Morgan fingerprint density at radius 3 is 2.43 bits per heavy atom. The van der Waals surface area contributed by atoms with Crippen molar-refractivity contribution in [2.75, 3.05) is 5.32 Å². The zero-order valence-corrected chi connectivity index (χ0v) is 20.5. The molecule has 0 bridgehead atoms. The summed E-state index contributed by atoms with van der Waals surface area (Å²) in [7, 11) is -3.88. The van der Waals surface area contributed by atoms with E-state index in [1.807, 2.05) is 12.1 Å². The maximum absolute atomic E-state index is 13.2. The molecule has 1 amide bonds. The second kappa shape index (κ2) is 7.59. The molecule has 0 radical (unpaired) electrons. The van der Waals surface area contributed by atoms with E-state index in [9.17, 15) is 13.2 Å². The van der Waals surface area contributed by atoms with Gasteiger partial charge in [-0.15, -0.1) is 0 Å². The van der Waals surface area contributed by atoms with Gasteiger partial charge in [0.25, 0.3) is 0 Å². The van der Waals surface area contributed by atoms with Crippen molar-refractivity contribution in [2.24, 2.45) is 0 Å². The van der Waals surface area contributed by atoms with Crippen molar-refractivity contribution in [3.8, 4) is 0 Å². The maximum atomic E-state index is 13.2.